The van der Waals surface area contributed by atoms with Gasteiger partial charge in [0.2, 0.25) is 5.79 Å². The van der Waals surface area contributed by atoms with Gasteiger partial charge in [0, 0.05) is 11.1 Å². The summed E-state index contributed by atoms with van der Waals surface area (Å²) in [4.78, 5) is 0. The van der Waals surface area contributed by atoms with Gasteiger partial charge in [0.15, 0.2) is 0 Å². The van der Waals surface area contributed by atoms with Gasteiger partial charge in [0.1, 0.15) is 0 Å². The molecule has 0 aliphatic carbocycles. The summed E-state index contributed by atoms with van der Waals surface area (Å²) in [5, 5.41) is 0. The predicted octanol–water partition coefficient (Wildman–Crippen LogP) is 3.24. The molecule has 1 aliphatic rings. The lowest BCUT2D eigenvalue weighted by molar-refractivity contribution is -0.130. The molecule has 0 N–H and O–H groups in total. The summed E-state index contributed by atoms with van der Waals surface area (Å²) in [6.45, 7) is 3.34. The SMILES string of the molecule is Cc1ccccc1C1(c2ccccc2)OCCO1. The zero-order valence-corrected chi connectivity index (χ0v) is 10.4. The topological polar surface area (TPSA) is 18.5 Å². The molecule has 1 aliphatic heterocycles. The zero-order chi connectivity index (χ0) is 12.4. The highest BCUT2D eigenvalue weighted by atomic mass is 16.7. The van der Waals surface area contributed by atoms with Gasteiger partial charge in [0.25, 0.3) is 0 Å². The van der Waals surface area contributed by atoms with Crippen molar-refractivity contribution in [1.82, 2.24) is 0 Å². The Hall–Kier alpha value is -1.64. The van der Waals surface area contributed by atoms with E-state index < -0.39 is 5.79 Å². The lowest BCUT2D eigenvalue weighted by atomic mass is 9.94. The first-order valence-electron chi connectivity index (χ1n) is 6.22. The number of ether oxygens (including phenoxy) is 2. The number of hydrogen-bond donors (Lipinski definition) is 0. The minimum Gasteiger partial charge on any atom is -0.340 e. The minimum atomic E-state index is -0.730. The van der Waals surface area contributed by atoms with Crippen molar-refractivity contribution >= 4 is 0 Å². The van der Waals surface area contributed by atoms with Crippen molar-refractivity contribution in [3.63, 3.8) is 0 Å². The van der Waals surface area contributed by atoms with Crippen LogP contribution in [-0.4, -0.2) is 13.2 Å². The normalized spacial score (nSPS) is 17.8. The summed E-state index contributed by atoms with van der Waals surface area (Å²) >= 11 is 0. The Morgan fingerprint density at radius 2 is 1.44 bits per heavy atom. The van der Waals surface area contributed by atoms with Crippen LogP contribution in [0.1, 0.15) is 16.7 Å². The molecule has 2 aromatic rings. The van der Waals surface area contributed by atoms with E-state index in [4.69, 9.17) is 9.47 Å². The van der Waals surface area contributed by atoms with Crippen LogP contribution in [0.5, 0.6) is 0 Å². The van der Waals surface area contributed by atoms with Crippen molar-refractivity contribution in [2.24, 2.45) is 0 Å². The Labute approximate surface area is 107 Å². The van der Waals surface area contributed by atoms with Crippen molar-refractivity contribution in [2.75, 3.05) is 13.2 Å². The van der Waals surface area contributed by atoms with Crippen LogP contribution in [0.15, 0.2) is 54.6 Å². The lowest BCUT2D eigenvalue weighted by Gasteiger charge is -2.29. The standard InChI is InChI=1S/C16H16O2/c1-13-7-5-6-10-15(13)16(17-11-12-18-16)14-8-3-2-4-9-14/h2-10H,11-12H2,1H3. The molecule has 2 nitrogen and oxygen atoms in total. The Kier molecular flexibility index (Phi) is 2.90. The predicted molar refractivity (Wildman–Crippen MR) is 70.3 cm³/mol. The molecule has 0 amide bonds. The van der Waals surface area contributed by atoms with Crippen molar-refractivity contribution in [2.45, 2.75) is 12.7 Å². The van der Waals surface area contributed by atoms with Gasteiger partial charge in [-0.15, -0.1) is 0 Å². The van der Waals surface area contributed by atoms with E-state index in [0.717, 1.165) is 11.1 Å². The second kappa shape index (κ2) is 4.56. The van der Waals surface area contributed by atoms with E-state index in [1.165, 1.54) is 5.56 Å². The van der Waals surface area contributed by atoms with Gasteiger partial charge < -0.3 is 9.47 Å². The molecule has 92 valence electrons. The fourth-order valence-electron chi connectivity index (χ4n) is 2.49. The van der Waals surface area contributed by atoms with E-state index in [1.54, 1.807) is 0 Å². The highest BCUT2D eigenvalue weighted by Crippen LogP contribution is 2.39. The zero-order valence-electron chi connectivity index (χ0n) is 10.4. The van der Waals surface area contributed by atoms with Gasteiger partial charge >= 0.3 is 0 Å². The fourth-order valence-corrected chi connectivity index (χ4v) is 2.49. The van der Waals surface area contributed by atoms with Crippen LogP contribution in [0.3, 0.4) is 0 Å². The molecule has 1 heterocycles. The summed E-state index contributed by atoms with van der Waals surface area (Å²) in [6.07, 6.45) is 0. The van der Waals surface area contributed by atoms with Gasteiger partial charge in [-0.05, 0) is 12.5 Å². The Balaban J connectivity index is 2.16. The van der Waals surface area contributed by atoms with E-state index in [2.05, 4.69) is 31.2 Å². The first-order valence-corrected chi connectivity index (χ1v) is 6.22. The monoisotopic (exact) mass is 240 g/mol. The maximum Gasteiger partial charge on any atom is 0.222 e. The fraction of sp³-hybridized carbons (Fsp3) is 0.250. The maximum atomic E-state index is 5.97. The Bertz CT molecular complexity index is 528. The molecular weight excluding hydrogens is 224 g/mol. The molecule has 0 bridgehead atoms. The lowest BCUT2D eigenvalue weighted by Crippen LogP contribution is -2.29. The first kappa shape index (κ1) is 11.5. The van der Waals surface area contributed by atoms with Crippen LogP contribution >= 0.6 is 0 Å². The molecule has 0 unspecified atom stereocenters. The van der Waals surface area contributed by atoms with Crippen LogP contribution in [0.4, 0.5) is 0 Å². The third kappa shape index (κ3) is 1.74. The summed E-state index contributed by atoms with van der Waals surface area (Å²) in [5.41, 5.74) is 3.33. The van der Waals surface area contributed by atoms with Crippen LogP contribution in [0.2, 0.25) is 0 Å². The Morgan fingerprint density at radius 1 is 0.833 bits per heavy atom. The largest absolute Gasteiger partial charge is 0.340 e. The molecule has 0 atom stereocenters. The quantitative estimate of drug-likeness (QED) is 0.802. The Morgan fingerprint density at radius 3 is 2.11 bits per heavy atom. The highest BCUT2D eigenvalue weighted by Gasteiger charge is 2.41. The summed E-state index contributed by atoms with van der Waals surface area (Å²) in [7, 11) is 0. The van der Waals surface area contributed by atoms with E-state index in [1.807, 2.05) is 30.3 Å². The smallest absolute Gasteiger partial charge is 0.222 e. The molecule has 0 aromatic heterocycles. The average molecular weight is 240 g/mol. The van der Waals surface area contributed by atoms with Crippen molar-refractivity contribution in [1.29, 1.82) is 0 Å². The number of rotatable bonds is 2. The molecule has 2 aromatic carbocycles. The van der Waals surface area contributed by atoms with E-state index in [-0.39, 0.29) is 0 Å². The second-order valence-electron chi connectivity index (χ2n) is 4.49. The van der Waals surface area contributed by atoms with Crippen molar-refractivity contribution in [3.8, 4) is 0 Å². The number of benzene rings is 2. The van der Waals surface area contributed by atoms with Crippen LogP contribution in [0, 0.1) is 6.92 Å². The summed E-state index contributed by atoms with van der Waals surface area (Å²) in [6, 6.07) is 18.4. The van der Waals surface area contributed by atoms with Gasteiger partial charge in [-0.25, -0.2) is 0 Å². The van der Waals surface area contributed by atoms with Crippen molar-refractivity contribution in [3.05, 3.63) is 71.3 Å². The molecule has 0 saturated carbocycles. The minimum absolute atomic E-state index is 0.628. The summed E-state index contributed by atoms with van der Waals surface area (Å²) < 4.78 is 11.9. The maximum absolute atomic E-state index is 5.97. The molecule has 0 radical (unpaired) electrons. The third-order valence-corrected chi connectivity index (χ3v) is 3.35. The highest BCUT2D eigenvalue weighted by molar-refractivity contribution is 5.39. The number of aryl methyl sites for hydroxylation is 1. The first-order chi connectivity index (χ1) is 8.83. The average Bonchev–Trinajstić information content (AvgIpc) is 2.91. The molecule has 0 spiro atoms. The third-order valence-electron chi connectivity index (χ3n) is 3.35. The van der Waals surface area contributed by atoms with E-state index in [0.29, 0.717) is 13.2 Å². The second-order valence-corrected chi connectivity index (χ2v) is 4.49. The van der Waals surface area contributed by atoms with Gasteiger partial charge in [-0.3, -0.25) is 0 Å². The van der Waals surface area contributed by atoms with Gasteiger partial charge in [0.05, 0.1) is 13.2 Å². The summed E-state index contributed by atoms with van der Waals surface area (Å²) in [5.74, 6) is -0.730. The van der Waals surface area contributed by atoms with Crippen LogP contribution < -0.4 is 0 Å². The van der Waals surface area contributed by atoms with Crippen LogP contribution in [-0.2, 0) is 15.3 Å². The van der Waals surface area contributed by atoms with Gasteiger partial charge in [-0.1, -0.05) is 54.6 Å². The van der Waals surface area contributed by atoms with Gasteiger partial charge in [-0.2, -0.15) is 0 Å². The van der Waals surface area contributed by atoms with Crippen molar-refractivity contribution < 1.29 is 9.47 Å². The molecule has 1 fully saturated rings. The molecule has 2 heteroatoms. The molecule has 3 rings (SSSR count). The molecule has 1 saturated heterocycles. The van der Waals surface area contributed by atoms with E-state index in [9.17, 15) is 0 Å². The molecular formula is C16H16O2. The van der Waals surface area contributed by atoms with Crippen LogP contribution in [0.25, 0.3) is 0 Å². The number of hydrogen-bond acceptors (Lipinski definition) is 2. The van der Waals surface area contributed by atoms with E-state index >= 15 is 0 Å². The molecule has 18 heavy (non-hydrogen) atoms.